The van der Waals surface area contributed by atoms with Gasteiger partial charge in [-0.15, -0.1) is 0 Å². The van der Waals surface area contributed by atoms with Gasteiger partial charge < -0.3 is 0 Å². The SMILES string of the molecule is C[C@@H]1CCC[C@@H]2CCCC(=O)[C@H]21. The van der Waals surface area contributed by atoms with E-state index in [0.29, 0.717) is 17.6 Å². The molecule has 0 aromatic carbocycles. The average molecular weight is 166 g/mol. The van der Waals surface area contributed by atoms with Crippen LogP contribution in [0, 0.1) is 17.8 Å². The summed E-state index contributed by atoms with van der Waals surface area (Å²) in [4.78, 5) is 11.6. The van der Waals surface area contributed by atoms with E-state index >= 15 is 0 Å². The van der Waals surface area contributed by atoms with Crippen LogP contribution in [0.15, 0.2) is 0 Å². The fourth-order valence-corrected chi connectivity index (χ4v) is 3.14. The number of hydrogen-bond donors (Lipinski definition) is 0. The van der Waals surface area contributed by atoms with Gasteiger partial charge in [-0.25, -0.2) is 0 Å². The molecule has 0 aromatic heterocycles. The van der Waals surface area contributed by atoms with Crippen LogP contribution in [0.4, 0.5) is 0 Å². The summed E-state index contributed by atoms with van der Waals surface area (Å²) in [6.45, 7) is 2.26. The van der Waals surface area contributed by atoms with Crippen LogP contribution in [0.25, 0.3) is 0 Å². The van der Waals surface area contributed by atoms with E-state index in [1.54, 1.807) is 0 Å². The highest BCUT2D eigenvalue weighted by Crippen LogP contribution is 2.41. The lowest BCUT2D eigenvalue weighted by Gasteiger charge is -2.38. The molecule has 2 rings (SSSR count). The van der Waals surface area contributed by atoms with Crippen molar-refractivity contribution >= 4 is 5.78 Å². The number of Topliss-reactive ketones (excluding diaryl/α,β-unsaturated/α-hetero) is 1. The molecule has 0 N–H and O–H groups in total. The molecule has 68 valence electrons. The Morgan fingerprint density at radius 1 is 1.17 bits per heavy atom. The fourth-order valence-electron chi connectivity index (χ4n) is 3.14. The first-order chi connectivity index (χ1) is 5.79. The minimum atomic E-state index is 0.451. The summed E-state index contributed by atoms with van der Waals surface area (Å²) >= 11 is 0. The van der Waals surface area contributed by atoms with E-state index in [1.807, 2.05) is 0 Å². The summed E-state index contributed by atoms with van der Waals surface area (Å²) in [5, 5.41) is 0. The summed E-state index contributed by atoms with van der Waals surface area (Å²) in [6.07, 6.45) is 7.31. The average Bonchev–Trinajstić information content (AvgIpc) is 2.04. The topological polar surface area (TPSA) is 17.1 Å². The predicted octanol–water partition coefficient (Wildman–Crippen LogP) is 2.79. The number of ketones is 1. The van der Waals surface area contributed by atoms with E-state index in [1.165, 1.54) is 25.7 Å². The van der Waals surface area contributed by atoms with Crippen molar-refractivity contribution in [3.8, 4) is 0 Å². The number of hydrogen-bond acceptors (Lipinski definition) is 1. The molecule has 12 heavy (non-hydrogen) atoms. The lowest BCUT2D eigenvalue weighted by molar-refractivity contribution is -0.130. The molecule has 0 radical (unpaired) electrons. The monoisotopic (exact) mass is 166 g/mol. The predicted molar refractivity (Wildman–Crippen MR) is 48.9 cm³/mol. The van der Waals surface area contributed by atoms with Crippen LogP contribution in [-0.4, -0.2) is 5.78 Å². The van der Waals surface area contributed by atoms with E-state index in [-0.39, 0.29) is 0 Å². The lowest BCUT2D eigenvalue weighted by Crippen LogP contribution is -2.36. The van der Waals surface area contributed by atoms with Crippen molar-refractivity contribution in [2.75, 3.05) is 0 Å². The van der Waals surface area contributed by atoms with Crippen LogP contribution >= 0.6 is 0 Å². The van der Waals surface area contributed by atoms with Gasteiger partial charge in [0.2, 0.25) is 0 Å². The summed E-state index contributed by atoms with van der Waals surface area (Å²) in [7, 11) is 0. The largest absolute Gasteiger partial charge is 0.299 e. The normalized spacial score (nSPS) is 42.4. The number of rotatable bonds is 0. The van der Waals surface area contributed by atoms with Gasteiger partial charge >= 0.3 is 0 Å². The summed E-state index contributed by atoms with van der Waals surface area (Å²) in [5.74, 6) is 2.46. The van der Waals surface area contributed by atoms with Crippen molar-refractivity contribution in [2.45, 2.75) is 45.4 Å². The highest BCUT2D eigenvalue weighted by molar-refractivity contribution is 5.82. The molecule has 1 heteroatoms. The Labute approximate surface area is 74.5 Å². The minimum absolute atomic E-state index is 0.451. The minimum Gasteiger partial charge on any atom is -0.299 e. The second-order valence-corrected chi connectivity index (χ2v) is 4.55. The van der Waals surface area contributed by atoms with Gasteiger partial charge in [0.15, 0.2) is 0 Å². The molecule has 3 atom stereocenters. The van der Waals surface area contributed by atoms with Gasteiger partial charge in [-0.3, -0.25) is 4.79 Å². The van der Waals surface area contributed by atoms with Crippen molar-refractivity contribution in [2.24, 2.45) is 17.8 Å². The van der Waals surface area contributed by atoms with Gasteiger partial charge in [-0.2, -0.15) is 0 Å². The maximum atomic E-state index is 11.6. The molecule has 2 aliphatic rings. The number of carbonyl (C=O) groups is 1. The first kappa shape index (κ1) is 8.28. The lowest BCUT2D eigenvalue weighted by atomic mass is 9.65. The van der Waals surface area contributed by atoms with E-state index in [2.05, 4.69) is 6.92 Å². The van der Waals surface area contributed by atoms with E-state index in [4.69, 9.17) is 0 Å². The second-order valence-electron chi connectivity index (χ2n) is 4.55. The molecule has 2 fully saturated rings. The summed E-state index contributed by atoms with van der Waals surface area (Å²) in [5.41, 5.74) is 0. The Balaban J connectivity index is 2.12. The van der Waals surface area contributed by atoms with Crippen molar-refractivity contribution in [3.05, 3.63) is 0 Å². The third-order valence-corrected chi connectivity index (χ3v) is 3.73. The molecule has 0 heterocycles. The fraction of sp³-hybridized carbons (Fsp3) is 0.909. The van der Waals surface area contributed by atoms with Gasteiger partial charge in [0, 0.05) is 12.3 Å². The maximum absolute atomic E-state index is 11.6. The van der Waals surface area contributed by atoms with Gasteiger partial charge in [0.05, 0.1) is 0 Å². The van der Waals surface area contributed by atoms with Gasteiger partial charge in [-0.1, -0.05) is 19.8 Å². The molecule has 0 amide bonds. The van der Waals surface area contributed by atoms with Crippen molar-refractivity contribution in [1.29, 1.82) is 0 Å². The van der Waals surface area contributed by atoms with Crippen LogP contribution in [-0.2, 0) is 4.79 Å². The summed E-state index contributed by atoms with van der Waals surface area (Å²) < 4.78 is 0. The quantitative estimate of drug-likeness (QED) is 0.541. The third-order valence-electron chi connectivity index (χ3n) is 3.73. The second kappa shape index (κ2) is 3.20. The van der Waals surface area contributed by atoms with Crippen molar-refractivity contribution < 1.29 is 4.79 Å². The zero-order chi connectivity index (χ0) is 8.55. The molecular weight excluding hydrogens is 148 g/mol. The molecule has 0 spiro atoms. The zero-order valence-electron chi connectivity index (χ0n) is 7.88. The Bertz CT molecular complexity index is 183. The van der Waals surface area contributed by atoms with E-state index in [9.17, 15) is 4.79 Å². The smallest absolute Gasteiger partial charge is 0.136 e. The molecule has 0 bridgehead atoms. The van der Waals surface area contributed by atoms with Crippen LogP contribution in [0.2, 0.25) is 0 Å². The maximum Gasteiger partial charge on any atom is 0.136 e. The molecule has 2 aliphatic carbocycles. The Morgan fingerprint density at radius 3 is 2.67 bits per heavy atom. The highest BCUT2D eigenvalue weighted by Gasteiger charge is 2.37. The molecule has 0 unspecified atom stereocenters. The van der Waals surface area contributed by atoms with Gasteiger partial charge in [0.1, 0.15) is 5.78 Å². The van der Waals surface area contributed by atoms with Crippen LogP contribution in [0.3, 0.4) is 0 Å². The molecule has 0 aliphatic heterocycles. The first-order valence-corrected chi connectivity index (χ1v) is 5.32. The van der Waals surface area contributed by atoms with Crippen LogP contribution in [0.1, 0.15) is 45.4 Å². The third kappa shape index (κ3) is 1.30. The zero-order valence-corrected chi connectivity index (χ0v) is 7.88. The Kier molecular flexibility index (Phi) is 2.20. The number of fused-ring (bicyclic) bond motifs is 1. The summed E-state index contributed by atoms with van der Waals surface area (Å²) in [6, 6.07) is 0. The first-order valence-electron chi connectivity index (χ1n) is 5.32. The number of carbonyl (C=O) groups excluding carboxylic acids is 1. The van der Waals surface area contributed by atoms with Crippen molar-refractivity contribution in [1.82, 2.24) is 0 Å². The van der Waals surface area contributed by atoms with E-state index < -0.39 is 0 Å². The Hall–Kier alpha value is -0.330. The highest BCUT2D eigenvalue weighted by atomic mass is 16.1. The van der Waals surface area contributed by atoms with Crippen LogP contribution < -0.4 is 0 Å². The molecular formula is C11H18O. The van der Waals surface area contributed by atoms with E-state index in [0.717, 1.165) is 18.8 Å². The van der Waals surface area contributed by atoms with Gasteiger partial charge in [-0.05, 0) is 31.1 Å². The van der Waals surface area contributed by atoms with Crippen LogP contribution in [0.5, 0.6) is 0 Å². The molecule has 2 saturated carbocycles. The van der Waals surface area contributed by atoms with Crippen molar-refractivity contribution in [3.63, 3.8) is 0 Å². The van der Waals surface area contributed by atoms with Gasteiger partial charge in [0.25, 0.3) is 0 Å². The molecule has 1 nitrogen and oxygen atoms in total. The molecule has 0 aromatic rings. The molecule has 0 saturated heterocycles. The Morgan fingerprint density at radius 2 is 1.92 bits per heavy atom. The standard InChI is InChI=1S/C11H18O/c1-8-4-2-5-9-6-3-7-10(12)11(8)9/h8-9,11H,2-7H2,1H3/t8-,9-,11+/m1/s1.